The van der Waals surface area contributed by atoms with Gasteiger partial charge in [0.1, 0.15) is 23.0 Å². The van der Waals surface area contributed by atoms with Crippen molar-refractivity contribution < 1.29 is 28.9 Å². The van der Waals surface area contributed by atoms with E-state index in [1.807, 2.05) is 0 Å². The Morgan fingerprint density at radius 3 is 1.73 bits per heavy atom. The van der Waals surface area contributed by atoms with E-state index in [-0.39, 0.29) is 22.8 Å². The lowest BCUT2D eigenvalue weighted by molar-refractivity contribution is 0.0732. The smallest absolute Gasteiger partial charge is 0.343 e. The number of esters is 1. The predicted molar refractivity (Wildman–Crippen MR) is 144 cm³/mol. The summed E-state index contributed by atoms with van der Waals surface area (Å²) in [4.78, 5) is 26.3. The molecule has 0 amide bonds. The van der Waals surface area contributed by atoms with E-state index >= 15 is 0 Å². The first kappa shape index (κ1) is 27.8. The van der Waals surface area contributed by atoms with Crippen LogP contribution in [0.3, 0.4) is 0 Å². The molecular formula is C31H36O6. The molecule has 0 fully saturated rings. The van der Waals surface area contributed by atoms with Crippen molar-refractivity contribution in [2.75, 3.05) is 13.2 Å². The van der Waals surface area contributed by atoms with Crippen molar-refractivity contribution in [3.8, 4) is 23.0 Å². The first-order valence-corrected chi connectivity index (χ1v) is 13.0. The van der Waals surface area contributed by atoms with Crippen LogP contribution in [0.5, 0.6) is 23.0 Å². The summed E-state index contributed by atoms with van der Waals surface area (Å²) in [6.07, 6.45) is 6.40. The monoisotopic (exact) mass is 504 g/mol. The molecule has 3 rings (SSSR count). The van der Waals surface area contributed by atoms with Gasteiger partial charge in [-0.05, 0) is 80.4 Å². The standard InChI is InChI=1S/C31H36O6/c1-4-6-8-20-35-25-14-10-23(11-15-25)30(33)29-22(3)27(32)18-19-28(29)37-31(34)24-12-16-26(17-13-24)36-21-9-7-5-2/h10-19,32H,4-9,20-21H2,1-3H3. The lowest BCUT2D eigenvalue weighted by Crippen LogP contribution is -2.13. The molecule has 0 heterocycles. The van der Waals surface area contributed by atoms with Gasteiger partial charge in [-0.25, -0.2) is 4.79 Å². The molecule has 0 bridgehead atoms. The Labute approximate surface area is 219 Å². The lowest BCUT2D eigenvalue weighted by Gasteiger charge is -2.14. The zero-order valence-corrected chi connectivity index (χ0v) is 21.9. The second-order valence-corrected chi connectivity index (χ2v) is 8.96. The highest BCUT2D eigenvalue weighted by Crippen LogP contribution is 2.32. The van der Waals surface area contributed by atoms with E-state index in [9.17, 15) is 14.7 Å². The van der Waals surface area contributed by atoms with Crippen molar-refractivity contribution in [2.45, 2.75) is 59.3 Å². The van der Waals surface area contributed by atoms with Gasteiger partial charge >= 0.3 is 5.97 Å². The molecule has 6 heteroatoms. The number of ketones is 1. The third kappa shape index (κ3) is 7.84. The highest BCUT2D eigenvalue weighted by Gasteiger charge is 2.22. The Bertz CT molecular complexity index is 1170. The molecule has 3 aromatic rings. The molecular weight excluding hydrogens is 468 g/mol. The number of phenolic OH excluding ortho intramolecular Hbond substituents is 1. The Morgan fingerprint density at radius 2 is 1.22 bits per heavy atom. The van der Waals surface area contributed by atoms with Gasteiger partial charge in [0.05, 0.1) is 24.3 Å². The summed E-state index contributed by atoms with van der Waals surface area (Å²) in [5, 5.41) is 10.3. The number of hydrogen-bond acceptors (Lipinski definition) is 6. The average molecular weight is 505 g/mol. The normalized spacial score (nSPS) is 10.7. The summed E-state index contributed by atoms with van der Waals surface area (Å²) in [5.74, 6) is 0.442. The number of rotatable bonds is 14. The SMILES string of the molecule is CCCCCOc1ccc(C(=O)Oc2ccc(O)c(C)c2C(=O)c2ccc(OCCCCC)cc2)cc1. The molecule has 0 aliphatic carbocycles. The Hall–Kier alpha value is -3.80. The van der Waals surface area contributed by atoms with Crippen molar-refractivity contribution in [2.24, 2.45) is 0 Å². The molecule has 0 aliphatic rings. The highest BCUT2D eigenvalue weighted by molar-refractivity contribution is 6.12. The third-order valence-electron chi connectivity index (χ3n) is 6.07. The fourth-order valence-electron chi connectivity index (χ4n) is 3.82. The minimum Gasteiger partial charge on any atom is -0.508 e. The summed E-state index contributed by atoms with van der Waals surface area (Å²) in [7, 11) is 0. The van der Waals surface area contributed by atoms with Gasteiger partial charge in [-0.3, -0.25) is 4.79 Å². The average Bonchev–Trinajstić information content (AvgIpc) is 2.92. The van der Waals surface area contributed by atoms with Crippen LogP contribution in [0, 0.1) is 6.92 Å². The summed E-state index contributed by atoms with van der Waals surface area (Å²) in [6.45, 7) is 7.14. The van der Waals surface area contributed by atoms with Crippen LogP contribution in [0.1, 0.15) is 84.2 Å². The maximum Gasteiger partial charge on any atom is 0.343 e. The topological polar surface area (TPSA) is 82.1 Å². The van der Waals surface area contributed by atoms with Gasteiger partial charge in [-0.1, -0.05) is 39.5 Å². The van der Waals surface area contributed by atoms with E-state index in [2.05, 4.69) is 13.8 Å². The van der Waals surface area contributed by atoms with Crippen molar-refractivity contribution in [3.63, 3.8) is 0 Å². The van der Waals surface area contributed by atoms with Gasteiger partial charge in [-0.2, -0.15) is 0 Å². The number of phenols is 1. The number of hydrogen-bond donors (Lipinski definition) is 1. The molecule has 0 saturated heterocycles. The van der Waals surface area contributed by atoms with Crippen LogP contribution in [-0.2, 0) is 0 Å². The van der Waals surface area contributed by atoms with Crippen molar-refractivity contribution in [1.82, 2.24) is 0 Å². The molecule has 0 atom stereocenters. The number of carbonyl (C=O) groups is 2. The second kappa shape index (κ2) is 14.1. The van der Waals surface area contributed by atoms with Crippen LogP contribution in [0.15, 0.2) is 60.7 Å². The van der Waals surface area contributed by atoms with E-state index < -0.39 is 5.97 Å². The Kier molecular flexibility index (Phi) is 10.6. The second-order valence-electron chi connectivity index (χ2n) is 8.96. The molecule has 0 radical (unpaired) electrons. The molecule has 0 aliphatic heterocycles. The number of ether oxygens (including phenoxy) is 3. The van der Waals surface area contributed by atoms with E-state index in [1.165, 1.54) is 12.1 Å². The summed E-state index contributed by atoms with van der Waals surface area (Å²) in [5.41, 5.74) is 1.21. The number of aromatic hydroxyl groups is 1. The first-order valence-electron chi connectivity index (χ1n) is 13.0. The van der Waals surface area contributed by atoms with E-state index in [0.717, 1.165) is 38.5 Å². The molecule has 0 spiro atoms. The molecule has 37 heavy (non-hydrogen) atoms. The van der Waals surface area contributed by atoms with Gasteiger partial charge in [0.15, 0.2) is 5.78 Å². The van der Waals surface area contributed by atoms with Gasteiger partial charge in [0.2, 0.25) is 0 Å². The van der Waals surface area contributed by atoms with E-state index in [4.69, 9.17) is 14.2 Å². The zero-order valence-electron chi connectivity index (χ0n) is 21.9. The predicted octanol–water partition coefficient (Wildman–Crippen LogP) is 7.29. The molecule has 1 N–H and O–H groups in total. The lowest BCUT2D eigenvalue weighted by atomic mass is 9.97. The summed E-state index contributed by atoms with van der Waals surface area (Å²) in [6, 6.07) is 16.4. The fourth-order valence-corrected chi connectivity index (χ4v) is 3.82. The number of benzene rings is 3. The molecule has 3 aromatic carbocycles. The summed E-state index contributed by atoms with van der Waals surface area (Å²) >= 11 is 0. The Morgan fingerprint density at radius 1 is 0.703 bits per heavy atom. The van der Waals surface area contributed by atoms with Crippen molar-refractivity contribution in [3.05, 3.63) is 82.9 Å². The number of unbranched alkanes of at least 4 members (excludes halogenated alkanes) is 4. The van der Waals surface area contributed by atoms with Crippen LogP contribution in [0.2, 0.25) is 0 Å². The van der Waals surface area contributed by atoms with Crippen LogP contribution in [0.4, 0.5) is 0 Å². The van der Waals surface area contributed by atoms with Crippen LogP contribution >= 0.6 is 0 Å². The minimum atomic E-state index is -0.604. The molecule has 0 unspecified atom stereocenters. The van der Waals surface area contributed by atoms with Gasteiger partial charge in [0, 0.05) is 11.1 Å². The zero-order chi connectivity index (χ0) is 26.6. The maximum absolute atomic E-state index is 13.4. The van der Waals surface area contributed by atoms with Gasteiger partial charge in [0.25, 0.3) is 0 Å². The quantitative estimate of drug-likeness (QED) is 0.107. The van der Waals surface area contributed by atoms with Crippen molar-refractivity contribution in [1.29, 1.82) is 0 Å². The summed E-state index contributed by atoms with van der Waals surface area (Å²) < 4.78 is 17.1. The molecule has 6 nitrogen and oxygen atoms in total. The van der Waals surface area contributed by atoms with E-state index in [1.54, 1.807) is 55.5 Å². The fraction of sp³-hybridized carbons (Fsp3) is 0.355. The van der Waals surface area contributed by atoms with Crippen LogP contribution in [0.25, 0.3) is 0 Å². The van der Waals surface area contributed by atoms with Crippen LogP contribution < -0.4 is 14.2 Å². The molecule has 0 saturated carbocycles. The van der Waals surface area contributed by atoms with E-state index in [0.29, 0.717) is 41.4 Å². The number of carbonyl (C=O) groups excluding carboxylic acids is 2. The minimum absolute atomic E-state index is 0.0522. The first-order chi connectivity index (χ1) is 17.9. The van der Waals surface area contributed by atoms with Gasteiger partial charge in [-0.15, -0.1) is 0 Å². The van der Waals surface area contributed by atoms with Gasteiger partial charge < -0.3 is 19.3 Å². The van der Waals surface area contributed by atoms with Crippen molar-refractivity contribution >= 4 is 11.8 Å². The van der Waals surface area contributed by atoms with Crippen LogP contribution in [-0.4, -0.2) is 30.1 Å². The molecule has 0 aromatic heterocycles. The highest BCUT2D eigenvalue weighted by atomic mass is 16.5. The largest absolute Gasteiger partial charge is 0.508 e. The Balaban J connectivity index is 1.73. The molecule has 196 valence electrons. The third-order valence-corrected chi connectivity index (χ3v) is 6.07. The maximum atomic E-state index is 13.4.